The Balaban J connectivity index is 1.44. The molecule has 0 radical (unpaired) electrons. The summed E-state index contributed by atoms with van der Waals surface area (Å²) in [4.78, 5) is 32.6. The Morgan fingerprint density at radius 2 is 2.09 bits per heavy atom. The fraction of sp³-hybridized carbons (Fsp3) is 0.435. The van der Waals surface area contributed by atoms with Crippen LogP contribution in [0.4, 0.5) is 5.82 Å². The second kappa shape index (κ2) is 8.11. The highest BCUT2D eigenvalue weighted by Gasteiger charge is 2.41. The first-order chi connectivity index (χ1) is 15.9. The molecule has 1 aromatic carbocycles. The number of fused-ring (bicyclic) bond motifs is 2. The monoisotopic (exact) mass is 448 g/mol. The molecule has 1 aliphatic rings. The molecule has 172 valence electrons. The van der Waals surface area contributed by atoms with Crippen molar-refractivity contribution in [2.45, 2.75) is 51.3 Å². The van der Waals surface area contributed by atoms with Crippen LogP contribution in [0.5, 0.6) is 0 Å². The fourth-order valence-electron chi connectivity index (χ4n) is 4.69. The number of benzene rings is 1. The maximum Gasteiger partial charge on any atom is 0.242 e. The number of hydrogen-bond acceptors (Lipinski definition) is 7. The highest BCUT2D eigenvalue weighted by atomic mass is 16.3. The third kappa shape index (κ3) is 3.70. The molecular weight excluding hydrogens is 420 g/mol. The summed E-state index contributed by atoms with van der Waals surface area (Å²) in [6, 6.07) is 7.48. The molecule has 2 atom stereocenters. The van der Waals surface area contributed by atoms with Crippen LogP contribution in [-0.4, -0.2) is 63.7 Å². The molecule has 4 heterocycles. The Morgan fingerprint density at radius 3 is 2.91 bits per heavy atom. The number of hydrogen-bond donors (Lipinski definition) is 2. The molecule has 0 bridgehead atoms. The zero-order valence-corrected chi connectivity index (χ0v) is 18.8. The summed E-state index contributed by atoms with van der Waals surface area (Å²) in [5.41, 5.74) is 7.81. The van der Waals surface area contributed by atoms with Crippen molar-refractivity contribution in [1.29, 1.82) is 0 Å². The third-order valence-electron chi connectivity index (χ3n) is 6.58. The van der Waals surface area contributed by atoms with Gasteiger partial charge in [0.05, 0.1) is 29.0 Å². The van der Waals surface area contributed by atoms with E-state index in [9.17, 15) is 9.90 Å². The number of piperidine rings is 1. The predicted molar refractivity (Wildman–Crippen MR) is 124 cm³/mol. The highest BCUT2D eigenvalue weighted by Crippen LogP contribution is 2.34. The van der Waals surface area contributed by atoms with Gasteiger partial charge in [0.25, 0.3) is 0 Å². The highest BCUT2D eigenvalue weighted by molar-refractivity contribution is 5.82. The first-order valence-corrected chi connectivity index (χ1v) is 11.3. The van der Waals surface area contributed by atoms with Crippen LogP contribution in [0.1, 0.15) is 38.6 Å². The van der Waals surface area contributed by atoms with Crippen molar-refractivity contribution in [3.63, 3.8) is 0 Å². The minimum atomic E-state index is -1.03. The number of anilines is 1. The van der Waals surface area contributed by atoms with Gasteiger partial charge in [-0.2, -0.15) is 0 Å². The van der Waals surface area contributed by atoms with Gasteiger partial charge in [0, 0.05) is 19.5 Å². The van der Waals surface area contributed by atoms with Gasteiger partial charge >= 0.3 is 0 Å². The van der Waals surface area contributed by atoms with Crippen molar-refractivity contribution in [3.05, 3.63) is 42.7 Å². The summed E-state index contributed by atoms with van der Waals surface area (Å²) in [6.07, 6.45) is 5.20. The average Bonchev–Trinajstić information content (AvgIpc) is 3.37. The Bertz CT molecular complexity index is 1320. The van der Waals surface area contributed by atoms with Gasteiger partial charge in [-0.25, -0.2) is 19.9 Å². The first kappa shape index (κ1) is 21.3. The topological polar surface area (TPSA) is 128 Å². The number of likely N-dealkylation sites (tertiary alicyclic amines) is 1. The van der Waals surface area contributed by atoms with E-state index in [1.54, 1.807) is 13.3 Å². The number of nitrogen functional groups attached to an aromatic ring is 1. The molecule has 0 saturated carbocycles. The van der Waals surface area contributed by atoms with Crippen LogP contribution < -0.4 is 5.73 Å². The number of carbonyl (C=O) groups excluding carboxylic acids is 1. The van der Waals surface area contributed by atoms with Crippen LogP contribution in [0.3, 0.4) is 0 Å². The lowest BCUT2D eigenvalue weighted by Gasteiger charge is -2.43. The SMILES string of the molecule is CCCc1nc2ccccc2n1CC(=O)N1CC[C@@](C)(O)[C@H](n2cnc3c(N)ncnc32)C1. The van der Waals surface area contributed by atoms with Crippen molar-refractivity contribution in [3.8, 4) is 0 Å². The largest absolute Gasteiger partial charge is 0.388 e. The zero-order chi connectivity index (χ0) is 23.2. The maximum atomic E-state index is 13.4. The molecule has 10 nitrogen and oxygen atoms in total. The van der Waals surface area contributed by atoms with E-state index in [1.807, 2.05) is 38.3 Å². The van der Waals surface area contributed by atoms with Gasteiger partial charge in [0.15, 0.2) is 11.5 Å². The number of amides is 1. The van der Waals surface area contributed by atoms with Crippen LogP contribution >= 0.6 is 0 Å². The van der Waals surface area contributed by atoms with E-state index < -0.39 is 11.6 Å². The Morgan fingerprint density at radius 1 is 1.27 bits per heavy atom. The standard InChI is InChI=1S/C23H28N8O2/c1-3-6-18-28-15-7-4-5-8-16(15)30(18)12-19(32)29-10-9-23(2,33)17(11-29)31-14-27-20-21(24)25-13-26-22(20)31/h4-5,7-8,13-14,17,33H,3,6,9-12H2,1-2H3,(H2,24,25,26)/t17-,23-/m1/s1. The smallest absolute Gasteiger partial charge is 0.242 e. The molecule has 1 saturated heterocycles. The predicted octanol–water partition coefficient (Wildman–Crippen LogP) is 1.94. The fourth-order valence-corrected chi connectivity index (χ4v) is 4.69. The van der Waals surface area contributed by atoms with E-state index in [4.69, 9.17) is 10.7 Å². The summed E-state index contributed by atoms with van der Waals surface area (Å²) in [7, 11) is 0. The van der Waals surface area contributed by atoms with Gasteiger partial charge in [-0.15, -0.1) is 0 Å². The zero-order valence-electron chi connectivity index (χ0n) is 18.8. The number of nitrogens with two attached hydrogens (primary N) is 1. The van der Waals surface area contributed by atoms with E-state index >= 15 is 0 Å². The van der Waals surface area contributed by atoms with Gasteiger partial charge in [0.1, 0.15) is 24.2 Å². The normalized spacial score (nSPS) is 21.2. The quantitative estimate of drug-likeness (QED) is 0.477. The summed E-state index contributed by atoms with van der Waals surface area (Å²) < 4.78 is 3.82. The Labute approximate surface area is 191 Å². The van der Waals surface area contributed by atoms with Crippen LogP contribution in [-0.2, 0) is 17.8 Å². The lowest BCUT2D eigenvalue weighted by atomic mass is 9.88. The average molecular weight is 449 g/mol. The van der Waals surface area contributed by atoms with Gasteiger partial charge < -0.3 is 24.9 Å². The van der Waals surface area contributed by atoms with E-state index in [0.29, 0.717) is 30.7 Å². The molecule has 1 fully saturated rings. The number of aliphatic hydroxyl groups is 1. The molecule has 10 heteroatoms. The molecular formula is C23H28N8O2. The number of imidazole rings is 2. The number of aryl methyl sites for hydroxylation is 1. The lowest BCUT2D eigenvalue weighted by Crippen LogP contribution is -2.53. The van der Waals surface area contributed by atoms with Crippen LogP contribution in [0.25, 0.3) is 22.2 Å². The van der Waals surface area contributed by atoms with Gasteiger partial charge in [0.2, 0.25) is 5.91 Å². The maximum absolute atomic E-state index is 13.4. The number of carbonyl (C=O) groups is 1. The summed E-state index contributed by atoms with van der Waals surface area (Å²) in [6.45, 7) is 4.93. The van der Waals surface area contributed by atoms with Crippen molar-refractivity contribution in [2.24, 2.45) is 0 Å². The Hall–Kier alpha value is -3.53. The Kier molecular flexibility index (Phi) is 5.24. The molecule has 0 unspecified atom stereocenters. The molecule has 0 aliphatic carbocycles. The minimum absolute atomic E-state index is 0.00503. The second-order valence-electron chi connectivity index (χ2n) is 8.90. The molecule has 33 heavy (non-hydrogen) atoms. The van der Waals surface area contributed by atoms with Crippen molar-refractivity contribution in [1.82, 2.24) is 34.0 Å². The molecule has 3 N–H and O–H groups in total. The summed E-state index contributed by atoms with van der Waals surface area (Å²) in [5, 5.41) is 11.2. The lowest BCUT2D eigenvalue weighted by molar-refractivity contribution is -0.138. The molecule has 1 amide bonds. The van der Waals surface area contributed by atoms with Crippen LogP contribution in [0.2, 0.25) is 0 Å². The van der Waals surface area contributed by atoms with E-state index in [-0.39, 0.29) is 18.3 Å². The van der Waals surface area contributed by atoms with E-state index in [1.165, 1.54) is 6.33 Å². The minimum Gasteiger partial charge on any atom is -0.388 e. The van der Waals surface area contributed by atoms with Crippen molar-refractivity contribution < 1.29 is 9.90 Å². The summed E-state index contributed by atoms with van der Waals surface area (Å²) >= 11 is 0. The number of para-hydroxylation sites is 2. The molecule has 4 aromatic rings. The first-order valence-electron chi connectivity index (χ1n) is 11.3. The van der Waals surface area contributed by atoms with Crippen molar-refractivity contribution >= 4 is 33.9 Å². The van der Waals surface area contributed by atoms with E-state index in [2.05, 4.69) is 21.9 Å². The summed E-state index contributed by atoms with van der Waals surface area (Å²) in [5.74, 6) is 1.20. The van der Waals surface area contributed by atoms with Crippen LogP contribution in [0, 0.1) is 0 Å². The third-order valence-corrected chi connectivity index (χ3v) is 6.58. The number of aromatic nitrogens is 6. The van der Waals surface area contributed by atoms with Crippen molar-refractivity contribution in [2.75, 3.05) is 18.8 Å². The second-order valence-corrected chi connectivity index (χ2v) is 8.90. The van der Waals surface area contributed by atoms with Gasteiger partial charge in [-0.05, 0) is 31.9 Å². The molecule has 3 aromatic heterocycles. The number of nitrogens with zero attached hydrogens (tertiary/aromatic N) is 7. The molecule has 5 rings (SSSR count). The molecule has 1 aliphatic heterocycles. The van der Waals surface area contributed by atoms with E-state index in [0.717, 1.165) is 29.7 Å². The van der Waals surface area contributed by atoms with Gasteiger partial charge in [-0.3, -0.25) is 4.79 Å². The van der Waals surface area contributed by atoms with Gasteiger partial charge in [-0.1, -0.05) is 19.1 Å². The number of rotatable bonds is 5. The molecule has 0 spiro atoms. The van der Waals surface area contributed by atoms with Crippen LogP contribution in [0.15, 0.2) is 36.9 Å².